The highest BCUT2D eigenvalue weighted by molar-refractivity contribution is 5.93. The Bertz CT molecular complexity index is 483. The van der Waals surface area contributed by atoms with Crippen molar-refractivity contribution in [3.63, 3.8) is 0 Å². The van der Waals surface area contributed by atoms with E-state index in [-0.39, 0.29) is 31.1 Å². The van der Waals surface area contributed by atoms with Gasteiger partial charge >= 0.3 is 18.0 Å². The number of nitrogens with zero attached hydrogens (tertiary/aromatic N) is 1. The molecule has 0 aliphatic heterocycles. The van der Waals surface area contributed by atoms with E-state index in [9.17, 15) is 14.4 Å². The molecule has 2 aliphatic carbocycles. The van der Waals surface area contributed by atoms with Gasteiger partial charge < -0.3 is 15.3 Å². The summed E-state index contributed by atoms with van der Waals surface area (Å²) < 4.78 is 0. The number of amides is 4. The summed E-state index contributed by atoms with van der Waals surface area (Å²) in [5.74, 6) is -0.182. The molecule has 0 spiro atoms. The van der Waals surface area contributed by atoms with Crippen molar-refractivity contribution in [2.24, 2.45) is 5.92 Å². The van der Waals surface area contributed by atoms with Gasteiger partial charge in [-0.3, -0.25) is 10.1 Å². The molecule has 2 saturated carbocycles. The molecule has 0 aromatic rings. The minimum atomic E-state index is -0.890. The molecule has 0 saturated heterocycles. The van der Waals surface area contributed by atoms with Crippen molar-refractivity contribution in [2.45, 2.75) is 89.6 Å². The second-order valence-corrected chi connectivity index (χ2v) is 7.80. The van der Waals surface area contributed by atoms with E-state index in [1.165, 1.54) is 6.42 Å². The van der Waals surface area contributed by atoms with E-state index < -0.39 is 12.0 Å². The zero-order valence-corrected chi connectivity index (χ0v) is 15.8. The number of urea groups is 2. The van der Waals surface area contributed by atoms with E-state index in [1.54, 1.807) is 0 Å². The summed E-state index contributed by atoms with van der Waals surface area (Å²) in [7, 11) is 0. The largest absolute Gasteiger partial charge is 0.481 e. The van der Waals surface area contributed by atoms with Crippen LogP contribution in [0.1, 0.15) is 77.6 Å². The first-order valence-electron chi connectivity index (χ1n) is 10.1. The topological polar surface area (TPSA) is 98.7 Å². The van der Waals surface area contributed by atoms with Crippen LogP contribution in [-0.2, 0) is 4.79 Å². The van der Waals surface area contributed by atoms with Crippen molar-refractivity contribution >= 4 is 18.0 Å². The molecule has 2 rings (SSSR count). The van der Waals surface area contributed by atoms with Gasteiger partial charge in [0.1, 0.15) is 0 Å². The fourth-order valence-electron chi connectivity index (χ4n) is 4.16. The molecule has 4 amide bonds. The second kappa shape index (κ2) is 10.4. The minimum Gasteiger partial charge on any atom is -0.481 e. The minimum absolute atomic E-state index is 0.00266. The lowest BCUT2D eigenvalue weighted by molar-refractivity contribution is -0.137. The smallest absolute Gasteiger partial charge is 0.325 e. The lowest BCUT2D eigenvalue weighted by Gasteiger charge is -2.42. The lowest BCUT2D eigenvalue weighted by Crippen LogP contribution is -2.55. The fourth-order valence-corrected chi connectivity index (χ4v) is 4.16. The molecule has 0 aromatic heterocycles. The monoisotopic (exact) mass is 367 g/mol. The van der Waals surface area contributed by atoms with Crippen molar-refractivity contribution in [1.29, 1.82) is 0 Å². The molecular formula is C19H33N3O4. The molecule has 7 heteroatoms. The van der Waals surface area contributed by atoms with Crippen LogP contribution in [0, 0.1) is 5.92 Å². The van der Waals surface area contributed by atoms with Crippen molar-refractivity contribution in [3.8, 4) is 0 Å². The Morgan fingerprint density at radius 2 is 1.58 bits per heavy atom. The molecular weight excluding hydrogens is 334 g/mol. The number of imide groups is 1. The third-order valence-electron chi connectivity index (χ3n) is 5.65. The lowest BCUT2D eigenvalue weighted by atomic mass is 9.84. The van der Waals surface area contributed by atoms with Gasteiger partial charge in [0.25, 0.3) is 0 Å². The number of hydrogen-bond donors (Lipinski definition) is 3. The van der Waals surface area contributed by atoms with E-state index in [0.29, 0.717) is 12.3 Å². The number of carbonyl (C=O) groups is 3. The maximum atomic E-state index is 12.8. The van der Waals surface area contributed by atoms with Crippen molar-refractivity contribution in [2.75, 3.05) is 6.54 Å². The van der Waals surface area contributed by atoms with Crippen molar-refractivity contribution in [3.05, 3.63) is 0 Å². The Kier molecular flexibility index (Phi) is 8.19. The van der Waals surface area contributed by atoms with Gasteiger partial charge in [0.05, 0.1) is 0 Å². The van der Waals surface area contributed by atoms with Gasteiger partial charge in [-0.15, -0.1) is 0 Å². The van der Waals surface area contributed by atoms with Crippen LogP contribution in [0.15, 0.2) is 0 Å². The van der Waals surface area contributed by atoms with Gasteiger partial charge in [-0.1, -0.05) is 26.2 Å². The molecule has 0 bridgehead atoms. The first-order valence-corrected chi connectivity index (χ1v) is 10.1. The van der Waals surface area contributed by atoms with E-state index in [0.717, 1.165) is 51.4 Å². The van der Waals surface area contributed by atoms with E-state index >= 15 is 0 Å². The van der Waals surface area contributed by atoms with Crippen molar-refractivity contribution < 1.29 is 19.5 Å². The van der Waals surface area contributed by atoms with Crippen LogP contribution in [-0.4, -0.2) is 46.7 Å². The summed E-state index contributed by atoms with van der Waals surface area (Å²) in [5, 5.41) is 13.7. The van der Waals surface area contributed by atoms with E-state index in [1.807, 2.05) is 4.90 Å². The van der Waals surface area contributed by atoms with Crippen molar-refractivity contribution in [1.82, 2.24) is 15.5 Å². The average Bonchev–Trinajstić information content (AvgIpc) is 2.61. The van der Waals surface area contributed by atoms with Crippen LogP contribution in [0.5, 0.6) is 0 Å². The molecule has 0 atom stereocenters. The first-order chi connectivity index (χ1) is 12.5. The van der Waals surface area contributed by atoms with E-state index in [2.05, 4.69) is 17.6 Å². The number of hydrogen-bond acceptors (Lipinski definition) is 3. The molecule has 7 nitrogen and oxygen atoms in total. The van der Waals surface area contributed by atoms with Gasteiger partial charge in [0.2, 0.25) is 0 Å². The number of aliphatic carboxylic acids is 1. The molecule has 0 radical (unpaired) electrons. The molecule has 0 unspecified atom stereocenters. The fraction of sp³-hybridized carbons (Fsp3) is 0.842. The number of nitrogens with one attached hydrogen (secondary N) is 2. The van der Waals surface area contributed by atoms with Gasteiger partial charge in [-0.05, 0) is 50.9 Å². The summed E-state index contributed by atoms with van der Waals surface area (Å²) >= 11 is 0. The quantitative estimate of drug-likeness (QED) is 0.626. The first kappa shape index (κ1) is 20.5. The third kappa shape index (κ3) is 6.50. The number of carboxylic acids is 1. The highest BCUT2D eigenvalue weighted by Gasteiger charge is 2.34. The number of rotatable bonds is 6. The van der Waals surface area contributed by atoms with Gasteiger partial charge in [0, 0.05) is 25.0 Å². The van der Waals surface area contributed by atoms with Crippen LogP contribution in [0.3, 0.4) is 0 Å². The number of carboxylic acid groups (broad SMARTS) is 1. The molecule has 2 aliphatic rings. The molecule has 0 heterocycles. The summed E-state index contributed by atoms with van der Waals surface area (Å²) in [6.45, 7) is 2.50. The predicted molar refractivity (Wildman–Crippen MR) is 98.9 cm³/mol. The summed E-state index contributed by atoms with van der Waals surface area (Å²) in [5.41, 5.74) is 0. The Labute approximate surface area is 155 Å². The number of carbonyl (C=O) groups excluding carboxylic acids is 2. The summed E-state index contributed by atoms with van der Waals surface area (Å²) in [6.07, 6.45) is 10.1. The highest BCUT2D eigenvalue weighted by Crippen LogP contribution is 2.32. The van der Waals surface area contributed by atoms with Crippen LogP contribution in [0.4, 0.5) is 9.59 Å². The average molecular weight is 367 g/mol. The van der Waals surface area contributed by atoms with Crippen LogP contribution in [0.25, 0.3) is 0 Å². The van der Waals surface area contributed by atoms with Crippen LogP contribution < -0.4 is 10.6 Å². The summed E-state index contributed by atoms with van der Waals surface area (Å²) in [6, 6.07) is -0.395. The molecule has 0 aromatic carbocycles. The highest BCUT2D eigenvalue weighted by atomic mass is 16.4. The standard InChI is InChI=1S/C19H33N3O4/c1-14-9-11-16(12-10-14)22(15-6-3-2-4-7-15)19(26)21-18(25)20-13-5-8-17(23)24/h14-16H,2-13H2,1H3,(H,23,24)(H2,20,21,25,26)/t14-,16-. The molecule has 3 N–H and O–H groups in total. The Balaban J connectivity index is 1.89. The molecule has 26 heavy (non-hydrogen) atoms. The zero-order valence-electron chi connectivity index (χ0n) is 15.8. The maximum Gasteiger partial charge on any atom is 0.325 e. The molecule has 148 valence electrons. The third-order valence-corrected chi connectivity index (χ3v) is 5.65. The predicted octanol–water partition coefficient (Wildman–Crippen LogP) is 3.48. The Morgan fingerprint density at radius 3 is 2.19 bits per heavy atom. The van der Waals surface area contributed by atoms with Gasteiger partial charge in [-0.25, -0.2) is 9.59 Å². The second-order valence-electron chi connectivity index (χ2n) is 7.80. The Hall–Kier alpha value is -1.79. The summed E-state index contributed by atoms with van der Waals surface area (Å²) in [4.78, 5) is 37.3. The zero-order chi connectivity index (χ0) is 18.9. The van der Waals surface area contributed by atoms with Crippen LogP contribution in [0.2, 0.25) is 0 Å². The SMILES string of the molecule is C[C@H]1CC[C@H](N(C(=O)NC(=O)NCCCC(=O)O)C2CCCCC2)CC1. The molecule has 2 fully saturated rings. The van der Waals surface area contributed by atoms with E-state index in [4.69, 9.17) is 5.11 Å². The van der Waals surface area contributed by atoms with Crippen LogP contribution >= 0.6 is 0 Å². The van der Waals surface area contributed by atoms with Gasteiger partial charge in [0.15, 0.2) is 0 Å². The maximum absolute atomic E-state index is 12.8. The normalized spacial score (nSPS) is 23.9. The van der Waals surface area contributed by atoms with Gasteiger partial charge in [-0.2, -0.15) is 0 Å². The Morgan fingerprint density at radius 1 is 0.962 bits per heavy atom.